The maximum atomic E-state index is 13.7. The van der Waals surface area contributed by atoms with Crippen LogP contribution in [0.2, 0.25) is 0 Å². The summed E-state index contributed by atoms with van der Waals surface area (Å²) >= 11 is 1.65. The predicted octanol–water partition coefficient (Wildman–Crippen LogP) is 3.56. The Hall–Kier alpha value is -2.15. The minimum absolute atomic E-state index is 0.183. The molecule has 0 bridgehead atoms. The van der Waals surface area contributed by atoms with Crippen molar-refractivity contribution in [3.05, 3.63) is 40.7 Å². The van der Waals surface area contributed by atoms with Gasteiger partial charge in [0.2, 0.25) is 0 Å². The van der Waals surface area contributed by atoms with E-state index in [-0.39, 0.29) is 5.69 Å². The van der Waals surface area contributed by atoms with Crippen molar-refractivity contribution in [1.82, 2.24) is 10.3 Å². The third kappa shape index (κ3) is 4.23. The Labute approximate surface area is 144 Å². The third-order valence-corrected chi connectivity index (χ3v) is 4.91. The summed E-state index contributed by atoms with van der Waals surface area (Å²) in [6.45, 7) is 4.42. The van der Waals surface area contributed by atoms with Crippen LogP contribution in [0, 0.1) is 12.7 Å². The van der Waals surface area contributed by atoms with Gasteiger partial charge in [-0.1, -0.05) is 6.07 Å². The first-order chi connectivity index (χ1) is 11.6. The number of nitrogens with one attached hydrogen (secondary N) is 2. The van der Waals surface area contributed by atoms with Crippen LogP contribution >= 0.6 is 11.3 Å². The van der Waals surface area contributed by atoms with Gasteiger partial charge in [-0.15, -0.1) is 11.3 Å². The Morgan fingerprint density at radius 3 is 2.92 bits per heavy atom. The molecule has 3 rings (SSSR count). The summed E-state index contributed by atoms with van der Waals surface area (Å²) in [7, 11) is 0. The molecule has 128 valence electrons. The van der Waals surface area contributed by atoms with Gasteiger partial charge in [-0.25, -0.2) is 14.2 Å². The van der Waals surface area contributed by atoms with E-state index in [1.807, 2.05) is 5.38 Å². The number of aryl methyl sites for hydroxylation is 1. The molecule has 1 aliphatic rings. The van der Waals surface area contributed by atoms with E-state index >= 15 is 0 Å². The minimum atomic E-state index is -0.431. The molecule has 7 heteroatoms. The fourth-order valence-electron chi connectivity index (χ4n) is 2.66. The van der Waals surface area contributed by atoms with Gasteiger partial charge >= 0.3 is 6.03 Å². The lowest BCUT2D eigenvalue weighted by molar-refractivity contribution is 0.252. The number of carbonyl (C=O) groups is 1. The quantitative estimate of drug-likeness (QED) is 0.869. The van der Waals surface area contributed by atoms with Crippen LogP contribution in [0.15, 0.2) is 23.6 Å². The number of thiazole rings is 1. The zero-order valence-electron chi connectivity index (χ0n) is 13.6. The van der Waals surface area contributed by atoms with Crippen LogP contribution < -0.4 is 15.5 Å². The van der Waals surface area contributed by atoms with Crippen molar-refractivity contribution in [1.29, 1.82) is 0 Å². The lowest BCUT2D eigenvalue weighted by atomic mass is 10.2. The Morgan fingerprint density at radius 1 is 1.38 bits per heavy atom. The molecule has 0 spiro atoms. The van der Waals surface area contributed by atoms with Crippen LogP contribution in [0.1, 0.15) is 24.1 Å². The maximum absolute atomic E-state index is 13.7. The first kappa shape index (κ1) is 16.7. The van der Waals surface area contributed by atoms with Crippen molar-refractivity contribution in [3.8, 4) is 0 Å². The van der Waals surface area contributed by atoms with Crippen molar-refractivity contribution in [2.45, 2.75) is 26.2 Å². The summed E-state index contributed by atoms with van der Waals surface area (Å²) in [6.07, 6.45) is 3.12. The Kier molecular flexibility index (Phi) is 5.30. The van der Waals surface area contributed by atoms with Crippen molar-refractivity contribution in [2.75, 3.05) is 29.9 Å². The fraction of sp³-hybridized carbons (Fsp3) is 0.412. The van der Waals surface area contributed by atoms with E-state index in [1.54, 1.807) is 30.4 Å². The molecule has 0 unspecified atom stereocenters. The molecule has 0 atom stereocenters. The van der Waals surface area contributed by atoms with E-state index in [1.165, 1.54) is 18.9 Å². The molecule has 0 aliphatic carbocycles. The van der Waals surface area contributed by atoms with E-state index in [0.717, 1.165) is 29.5 Å². The molecular formula is C17H21FN4OS. The number of rotatable bonds is 5. The third-order valence-electron chi connectivity index (χ3n) is 3.96. The van der Waals surface area contributed by atoms with Crippen LogP contribution in [0.5, 0.6) is 0 Å². The first-order valence-corrected chi connectivity index (χ1v) is 9.00. The molecule has 5 nitrogen and oxygen atoms in total. The molecule has 2 N–H and O–H groups in total. The van der Waals surface area contributed by atoms with Crippen LogP contribution in [0.25, 0.3) is 0 Å². The van der Waals surface area contributed by atoms with E-state index in [2.05, 4.69) is 20.5 Å². The van der Waals surface area contributed by atoms with Gasteiger partial charge in [0.25, 0.3) is 0 Å². The molecule has 2 heterocycles. The lowest BCUT2D eigenvalue weighted by Gasteiger charge is -2.12. The molecule has 1 fully saturated rings. The van der Waals surface area contributed by atoms with E-state index < -0.39 is 11.8 Å². The van der Waals surface area contributed by atoms with Gasteiger partial charge < -0.3 is 15.5 Å². The number of nitrogens with zero attached hydrogens (tertiary/aromatic N) is 2. The fourth-order valence-corrected chi connectivity index (χ4v) is 3.57. The predicted molar refractivity (Wildman–Crippen MR) is 95.4 cm³/mol. The number of carbonyl (C=O) groups excluding carboxylic acids is 1. The molecule has 0 radical (unpaired) electrons. The normalized spacial score (nSPS) is 14.0. The van der Waals surface area contributed by atoms with E-state index in [0.29, 0.717) is 13.0 Å². The summed E-state index contributed by atoms with van der Waals surface area (Å²) in [4.78, 5) is 18.7. The Balaban J connectivity index is 1.45. The Morgan fingerprint density at radius 2 is 2.17 bits per heavy atom. The zero-order valence-corrected chi connectivity index (χ0v) is 14.5. The maximum Gasteiger partial charge on any atom is 0.319 e. The SMILES string of the molecule is Cc1ccc(NC(=O)NCCc2csc(N3CCCC3)n2)c(F)c1. The van der Waals surface area contributed by atoms with Gasteiger partial charge in [-0.2, -0.15) is 0 Å². The molecule has 1 aromatic heterocycles. The number of benzene rings is 1. The zero-order chi connectivity index (χ0) is 16.9. The monoisotopic (exact) mass is 348 g/mol. The smallest absolute Gasteiger partial charge is 0.319 e. The summed E-state index contributed by atoms with van der Waals surface area (Å²) < 4.78 is 13.7. The second-order valence-electron chi connectivity index (χ2n) is 5.93. The van der Waals surface area contributed by atoms with Crippen LogP contribution in [-0.2, 0) is 6.42 Å². The highest BCUT2D eigenvalue weighted by atomic mass is 32.1. The first-order valence-electron chi connectivity index (χ1n) is 8.12. The largest absolute Gasteiger partial charge is 0.348 e. The highest BCUT2D eigenvalue weighted by molar-refractivity contribution is 7.13. The number of hydrogen-bond donors (Lipinski definition) is 2. The average Bonchev–Trinajstić information content (AvgIpc) is 3.21. The number of hydrogen-bond acceptors (Lipinski definition) is 4. The van der Waals surface area contributed by atoms with Gasteiger partial charge in [0.1, 0.15) is 5.82 Å². The number of aromatic nitrogens is 1. The van der Waals surface area contributed by atoms with Gasteiger partial charge in [-0.05, 0) is 37.5 Å². The lowest BCUT2D eigenvalue weighted by Crippen LogP contribution is -2.30. The van der Waals surface area contributed by atoms with Gasteiger partial charge in [0.15, 0.2) is 5.13 Å². The average molecular weight is 348 g/mol. The summed E-state index contributed by atoms with van der Waals surface area (Å²) in [6, 6.07) is 4.30. The molecule has 2 amide bonds. The van der Waals surface area contributed by atoms with E-state index in [4.69, 9.17) is 0 Å². The van der Waals surface area contributed by atoms with Crippen molar-refractivity contribution < 1.29 is 9.18 Å². The molecule has 24 heavy (non-hydrogen) atoms. The number of anilines is 2. The number of urea groups is 1. The molecule has 2 aromatic rings. The van der Waals surface area contributed by atoms with Crippen molar-refractivity contribution in [2.24, 2.45) is 0 Å². The molecule has 1 aliphatic heterocycles. The van der Waals surface area contributed by atoms with Gasteiger partial charge in [0.05, 0.1) is 11.4 Å². The highest BCUT2D eigenvalue weighted by Gasteiger charge is 2.15. The number of halogens is 1. The second-order valence-corrected chi connectivity index (χ2v) is 6.77. The van der Waals surface area contributed by atoms with Crippen LogP contribution in [-0.4, -0.2) is 30.6 Å². The molecule has 1 aromatic carbocycles. The Bertz CT molecular complexity index is 712. The van der Waals surface area contributed by atoms with Crippen molar-refractivity contribution >= 4 is 28.2 Å². The molecule has 0 saturated carbocycles. The molecule has 1 saturated heterocycles. The molecular weight excluding hydrogens is 327 g/mol. The van der Waals surface area contributed by atoms with Crippen LogP contribution in [0.3, 0.4) is 0 Å². The second kappa shape index (κ2) is 7.61. The van der Waals surface area contributed by atoms with E-state index in [9.17, 15) is 9.18 Å². The summed E-state index contributed by atoms with van der Waals surface area (Å²) in [5.74, 6) is -0.431. The van der Waals surface area contributed by atoms with Gasteiger partial charge in [0, 0.05) is 31.4 Å². The standard InChI is InChI=1S/C17H21FN4OS/c1-12-4-5-15(14(18)10-12)21-16(23)19-7-6-13-11-24-17(20-13)22-8-2-3-9-22/h4-5,10-11H,2-3,6-9H2,1H3,(H2,19,21,23). The highest BCUT2D eigenvalue weighted by Crippen LogP contribution is 2.24. The topological polar surface area (TPSA) is 57.3 Å². The van der Waals surface area contributed by atoms with Crippen LogP contribution in [0.4, 0.5) is 20.0 Å². The van der Waals surface area contributed by atoms with Crippen molar-refractivity contribution in [3.63, 3.8) is 0 Å². The summed E-state index contributed by atoms with van der Waals surface area (Å²) in [5.41, 5.74) is 1.97. The number of amides is 2. The minimum Gasteiger partial charge on any atom is -0.348 e. The summed E-state index contributed by atoms with van der Waals surface area (Å²) in [5, 5.41) is 8.36. The van der Waals surface area contributed by atoms with Gasteiger partial charge in [-0.3, -0.25) is 0 Å².